The summed E-state index contributed by atoms with van der Waals surface area (Å²) in [6.07, 6.45) is 1.78. The Balaban J connectivity index is 2.07. The number of hydrogen-bond acceptors (Lipinski definition) is 5. The van der Waals surface area contributed by atoms with Crippen LogP contribution in [0.25, 0.3) is 22.4 Å². The van der Waals surface area contributed by atoms with E-state index in [-0.39, 0.29) is 0 Å². The summed E-state index contributed by atoms with van der Waals surface area (Å²) in [5.41, 5.74) is 3.65. The molecule has 0 aliphatic rings. The number of hydrogen-bond donors (Lipinski definition) is 0. The molecule has 0 aliphatic heterocycles. The van der Waals surface area contributed by atoms with Gasteiger partial charge in [0, 0.05) is 29.5 Å². The zero-order valence-electron chi connectivity index (χ0n) is 15.3. The van der Waals surface area contributed by atoms with E-state index >= 15 is 0 Å². The molecule has 2 aromatic carbocycles. The summed E-state index contributed by atoms with van der Waals surface area (Å²) in [7, 11) is 6.54. The van der Waals surface area contributed by atoms with Crippen LogP contribution in [0.1, 0.15) is 0 Å². The van der Waals surface area contributed by atoms with Crippen LogP contribution in [0.15, 0.2) is 54.7 Å². The standard InChI is InChI=1S/C21H21NO4/c1-23-15-5-7-17(20(12-15)25-3)14-9-10-22-19(11-14)18-8-6-16(24-2)13-21(18)26-4/h5-13H,1-4H3. The van der Waals surface area contributed by atoms with Gasteiger partial charge in [0.15, 0.2) is 0 Å². The lowest BCUT2D eigenvalue weighted by atomic mass is 10.0. The van der Waals surface area contributed by atoms with Crippen LogP contribution in [-0.4, -0.2) is 33.4 Å². The molecule has 0 atom stereocenters. The number of methoxy groups -OCH3 is 4. The Morgan fingerprint density at radius 2 is 1.19 bits per heavy atom. The molecular weight excluding hydrogens is 330 g/mol. The average Bonchev–Trinajstić information content (AvgIpc) is 2.72. The van der Waals surface area contributed by atoms with E-state index < -0.39 is 0 Å². The molecule has 0 saturated heterocycles. The molecule has 1 heterocycles. The monoisotopic (exact) mass is 351 g/mol. The van der Waals surface area contributed by atoms with Crippen molar-refractivity contribution in [1.29, 1.82) is 0 Å². The summed E-state index contributed by atoms with van der Waals surface area (Å²) >= 11 is 0. The molecule has 3 rings (SSSR count). The van der Waals surface area contributed by atoms with Crippen LogP contribution in [0, 0.1) is 0 Å². The second kappa shape index (κ2) is 7.78. The lowest BCUT2D eigenvalue weighted by Crippen LogP contribution is -1.94. The number of benzene rings is 2. The number of ether oxygens (including phenoxy) is 4. The van der Waals surface area contributed by atoms with Gasteiger partial charge in [0.1, 0.15) is 23.0 Å². The maximum absolute atomic E-state index is 5.52. The maximum atomic E-state index is 5.52. The molecule has 5 heteroatoms. The molecule has 0 bridgehead atoms. The Morgan fingerprint density at radius 3 is 1.77 bits per heavy atom. The maximum Gasteiger partial charge on any atom is 0.131 e. The highest BCUT2D eigenvalue weighted by Gasteiger charge is 2.12. The largest absolute Gasteiger partial charge is 0.497 e. The highest BCUT2D eigenvalue weighted by Crippen LogP contribution is 2.37. The van der Waals surface area contributed by atoms with E-state index in [1.54, 1.807) is 34.6 Å². The zero-order chi connectivity index (χ0) is 18.5. The van der Waals surface area contributed by atoms with Gasteiger partial charge in [-0.25, -0.2) is 0 Å². The molecule has 0 amide bonds. The molecule has 0 saturated carbocycles. The first-order valence-corrected chi connectivity index (χ1v) is 8.11. The fourth-order valence-corrected chi connectivity index (χ4v) is 2.79. The number of nitrogens with zero attached hydrogens (tertiary/aromatic N) is 1. The van der Waals surface area contributed by atoms with Crippen molar-refractivity contribution in [3.63, 3.8) is 0 Å². The molecular formula is C21H21NO4. The predicted octanol–water partition coefficient (Wildman–Crippen LogP) is 4.45. The van der Waals surface area contributed by atoms with E-state index in [0.717, 1.165) is 39.6 Å². The summed E-state index contributed by atoms with van der Waals surface area (Å²) in [5.74, 6) is 2.93. The first-order chi connectivity index (χ1) is 12.7. The third kappa shape index (κ3) is 3.42. The fraction of sp³-hybridized carbons (Fsp3) is 0.190. The van der Waals surface area contributed by atoms with Gasteiger partial charge >= 0.3 is 0 Å². The number of rotatable bonds is 6. The average molecular weight is 351 g/mol. The van der Waals surface area contributed by atoms with E-state index in [4.69, 9.17) is 18.9 Å². The Labute approximate surface area is 153 Å². The van der Waals surface area contributed by atoms with Crippen LogP contribution >= 0.6 is 0 Å². The molecule has 5 nitrogen and oxygen atoms in total. The van der Waals surface area contributed by atoms with Gasteiger partial charge in [-0.15, -0.1) is 0 Å². The van der Waals surface area contributed by atoms with Crippen molar-refractivity contribution in [3.8, 4) is 45.4 Å². The second-order valence-corrected chi connectivity index (χ2v) is 5.56. The summed E-state index contributed by atoms with van der Waals surface area (Å²) < 4.78 is 21.6. The van der Waals surface area contributed by atoms with Gasteiger partial charge in [0.05, 0.1) is 34.1 Å². The van der Waals surface area contributed by atoms with Gasteiger partial charge in [0.2, 0.25) is 0 Å². The van der Waals surface area contributed by atoms with Crippen molar-refractivity contribution in [2.45, 2.75) is 0 Å². The van der Waals surface area contributed by atoms with Crippen LogP contribution in [0.2, 0.25) is 0 Å². The molecule has 3 aromatic rings. The van der Waals surface area contributed by atoms with Crippen molar-refractivity contribution in [2.24, 2.45) is 0 Å². The Bertz CT molecular complexity index is 838. The van der Waals surface area contributed by atoms with Gasteiger partial charge in [-0.05, 0) is 42.0 Å². The van der Waals surface area contributed by atoms with E-state index in [0.29, 0.717) is 5.75 Å². The van der Waals surface area contributed by atoms with Crippen molar-refractivity contribution in [2.75, 3.05) is 28.4 Å². The first-order valence-electron chi connectivity index (χ1n) is 8.11. The summed E-state index contributed by atoms with van der Waals surface area (Å²) in [6, 6.07) is 15.4. The van der Waals surface area contributed by atoms with Gasteiger partial charge in [-0.3, -0.25) is 4.98 Å². The molecule has 0 radical (unpaired) electrons. The van der Waals surface area contributed by atoms with E-state index in [1.165, 1.54) is 0 Å². The Kier molecular flexibility index (Phi) is 5.27. The molecule has 0 fully saturated rings. The van der Waals surface area contributed by atoms with Crippen LogP contribution in [0.5, 0.6) is 23.0 Å². The lowest BCUT2D eigenvalue weighted by molar-refractivity contribution is 0.395. The molecule has 26 heavy (non-hydrogen) atoms. The normalized spacial score (nSPS) is 10.3. The smallest absolute Gasteiger partial charge is 0.131 e. The fourth-order valence-electron chi connectivity index (χ4n) is 2.79. The van der Waals surface area contributed by atoms with Crippen molar-refractivity contribution < 1.29 is 18.9 Å². The quantitative estimate of drug-likeness (QED) is 0.657. The van der Waals surface area contributed by atoms with Crippen molar-refractivity contribution >= 4 is 0 Å². The van der Waals surface area contributed by atoms with Gasteiger partial charge in [0.25, 0.3) is 0 Å². The van der Waals surface area contributed by atoms with Crippen LogP contribution in [0.3, 0.4) is 0 Å². The van der Waals surface area contributed by atoms with Crippen molar-refractivity contribution in [3.05, 3.63) is 54.7 Å². The predicted molar refractivity (Wildman–Crippen MR) is 101 cm³/mol. The van der Waals surface area contributed by atoms with Crippen LogP contribution in [0.4, 0.5) is 0 Å². The summed E-state index contributed by atoms with van der Waals surface area (Å²) in [4.78, 5) is 4.50. The highest BCUT2D eigenvalue weighted by atomic mass is 16.5. The molecule has 0 unspecified atom stereocenters. The van der Waals surface area contributed by atoms with Crippen LogP contribution in [-0.2, 0) is 0 Å². The van der Waals surface area contributed by atoms with Gasteiger partial charge in [-0.1, -0.05) is 0 Å². The number of aromatic nitrogens is 1. The second-order valence-electron chi connectivity index (χ2n) is 5.56. The zero-order valence-corrected chi connectivity index (χ0v) is 15.3. The SMILES string of the molecule is COc1ccc(-c2ccnc(-c3ccc(OC)cc3OC)c2)c(OC)c1. The lowest BCUT2D eigenvalue weighted by Gasteiger charge is -2.13. The van der Waals surface area contributed by atoms with Gasteiger partial charge in [-0.2, -0.15) is 0 Å². The molecule has 0 aliphatic carbocycles. The van der Waals surface area contributed by atoms with E-state index in [1.807, 2.05) is 48.5 Å². The number of pyridine rings is 1. The first kappa shape index (κ1) is 17.6. The minimum atomic E-state index is 0.704. The molecule has 0 spiro atoms. The third-order valence-corrected chi connectivity index (χ3v) is 4.16. The van der Waals surface area contributed by atoms with Gasteiger partial charge < -0.3 is 18.9 Å². The topological polar surface area (TPSA) is 49.8 Å². The minimum absolute atomic E-state index is 0.704. The Hall–Kier alpha value is -3.21. The molecule has 0 N–H and O–H groups in total. The highest BCUT2D eigenvalue weighted by molar-refractivity contribution is 5.77. The van der Waals surface area contributed by atoms with E-state index in [2.05, 4.69) is 4.98 Å². The third-order valence-electron chi connectivity index (χ3n) is 4.16. The van der Waals surface area contributed by atoms with Crippen LogP contribution < -0.4 is 18.9 Å². The van der Waals surface area contributed by atoms with E-state index in [9.17, 15) is 0 Å². The summed E-state index contributed by atoms with van der Waals surface area (Å²) in [5, 5.41) is 0. The summed E-state index contributed by atoms with van der Waals surface area (Å²) in [6.45, 7) is 0. The minimum Gasteiger partial charge on any atom is -0.497 e. The molecule has 1 aromatic heterocycles. The molecule has 134 valence electrons. The Morgan fingerprint density at radius 1 is 0.615 bits per heavy atom. The van der Waals surface area contributed by atoms with Crippen molar-refractivity contribution in [1.82, 2.24) is 4.98 Å².